The molecular weight excluding hydrogens is 467 g/mol. The van der Waals surface area contributed by atoms with E-state index in [-0.39, 0.29) is 29.1 Å². The normalized spacial score (nSPS) is 14.1. The zero-order valence-electron chi connectivity index (χ0n) is 21.9. The maximum Gasteiger partial charge on any atom is 0.240 e. The maximum absolute atomic E-state index is 13.2. The predicted molar refractivity (Wildman–Crippen MR) is 137 cm³/mol. The number of nitrogens with zero attached hydrogens (tertiary/aromatic N) is 1. The Labute approximate surface area is 209 Å². The Hall–Kier alpha value is -2.16. The number of benzene rings is 1. The van der Waals surface area contributed by atoms with Gasteiger partial charge in [0.15, 0.2) is 5.78 Å². The summed E-state index contributed by atoms with van der Waals surface area (Å²) in [6.07, 6.45) is 3.63. The highest BCUT2D eigenvalue weighted by atomic mass is 32.2. The van der Waals surface area contributed by atoms with Gasteiger partial charge in [-0.2, -0.15) is 0 Å². The van der Waals surface area contributed by atoms with Gasteiger partial charge in [-0.1, -0.05) is 13.0 Å². The third-order valence-corrected chi connectivity index (χ3v) is 8.00. The number of hydrogen-bond donors (Lipinski definition) is 2. The van der Waals surface area contributed by atoms with Gasteiger partial charge in [-0.3, -0.25) is 9.78 Å². The van der Waals surface area contributed by atoms with Crippen molar-refractivity contribution in [1.29, 1.82) is 0 Å². The fraction of sp³-hybridized carbons (Fsp3) is 0.556. The van der Waals surface area contributed by atoms with Gasteiger partial charge in [-0.25, -0.2) is 17.5 Å². The van der Waals surface area contributed by atoms with E-state index in [4.69, 9.17) is 0 Å². The summed E-state index contributed by atoms with van der Waals surface area (Å²) >= 11 is 0. The number of sulfonamides is 1. The molecule has 0 saturated heterocycles. The van der Waals surface area contributed by atoms with E-state index in [1.165, 1.54) is 6.07 Å². The number of aryl methyl sites for hydroxylation is 2. The van der Waals surface area contributed by atoms with Crippen molar-refractivity contribution in [3.63, 3.8) is 0 Å². The molecule has 2 N–H and O–H groups in total. The van der Waals surface area contributed by atoms with Crippen LogP contribution in [-0.2, 0) is 16.7 Å². The molecule has 1 aromatic carbocycles. The van der Waals surface area contributed by atoms with Crippen molar-refractivity contribution in [1.82, 2.24) is 9.71 Å². The van der Waals surface area contributed by atoms with Crippen molar-refractivity contribution in [2.45, 2.75) is 103 Å². The molecule has 6 nitrogen and oxygen atoms in total. The number of nitrogens with one attached hydrogen (secondary N) is 1. The van der Waals surface area contributed by atoms with Gasteiger partial charge >= 0.3 is 0 Å². The van der Waals surface area contributed by atoms with Crippen LogP contribution in [0, 0.1) is 20.8 Å². The summed E-state index contributed by atoms with van der Waals surface area (Å²) in [4.78, 5) is 17.4. The summed E-state index contributed by atoms with van der Waals surface area (Å²) in [6.45, 7) is 11.9. The fourth-order valence-corrected chi connectivity index (χ4v) is 5.43. The van der Waals surface area contributed by atoms with E-state index >= 15 is 0 Å². The summed E-state index contributed by atoms with van der Waals surface area (Å²) in [5.74, 6) is -0.308. The van der Waals surface area contributed by atoms with Crippen molar-refractivity contribution < 1.29 is 22.7 Å². The van der Waals surface area contributed by atoms with Gasteiger partial charge in [0.05, 0.1) is 16.2 Å². The van der Waals surface area contributed by atoms with E-state index in [0.29, 0.717) is 30.5 Å². The molecule has 0 aliphatic heterocycles. The average Bonchev–Trinajstić information content (AvgIpc) is 2.73. The number of halogens is 1. The Balaban J connectivity index is 2.21. The third-order valence-electron chi connectivity index (χ3n) is 6.43. The molecule has 0 amide bonds. The van der Waals surface area contributed by atoms with Gasteiger partial charge in [0.2, 0.25) is 10.0 Å². The van der Waals surface area contributed by atoms with Crippen LogP contribution in [0.15, 0.2) is 29.3 Å². The molecule has 2 rings (SSSR count). The Kier molecular flexibility index (Phi) is 9.73. The van der Waals surface area contributed by atoms with Gasteiger partial charge in [0, 0.05) is 24.2 Å². The molecule has 2 atom stereocenters. The first-order valence-electron chi connectivity index (χ1n) is 12.0. The standard InChI is InChI=1S/C27H39FN2O4S/c1-17-12-23(35(33,34)30-20(4)9-8-10-27(6,7)32)14-24(21(17)5)26(31)13-18(2)22-11-19(3)25(15-28)29-16-22/h11-12,14,16,18,20,30,32H,8-10,13,15H2,1-7H3/t18-,20?/m1/s1. The molecule has 194 valence electrons. The van der Waals surface area contributed by atoms with Gasteiger partial charge in [0.25, 0.3) is 0 Å². The maximum atomic E-state index is 13.2. The summed E-state index contributed by atoms with van der Waals surface area (Å²) in [7, 11) is -3.82. The summed E-state index contributed by atoms with van der Waals surface area (Å²) in [6, 6.07) is 4.58. The van der Waals surface area contributed by atoms with Gasteiger partial charge in [0.1, 0.15) is 6.67 Å². The Bertz CT molecular complexity index is 1160. The number of rotatable bonds is 12. The number of pyridine rings is 1. The number of alkyl halides is 1. The lowest BCUT2D eigenvalue weighted by molar-refractivity contribution is 0.0677. The Morgan fingerprint density at radius 2 is 1.80 bits per heavy atom. The number of aromatic nitrogens is 1. The quantitative estimate of drug-likeness (QED) is 0.373. The number of carbonyl (C=O) groups is 1. The van der Waals surface area contributed by atoms with E-state index in [2.05, 4.69) is 9.71 Å². The molecule has 0 spiro atoms. The minimum atomic E-state index is -3.82. The highest BCUT2D eigenvalue weighted by molar-refractivity contribution is 7.89. The second-order valence-electron chi connectivity index (χ2n) is 10.3. The van der Waals surface area contributed by atoms with Crippen LogP contribution in [0.5, 0.6) is 0 Å². The number of carbonyl (C=O) groups excluding carboxylic acids is 1. The number of Topliss-reactive ketones (excluding diaryl/α,β-unsaturated/α-hetero) is 1. The molecule has 0 aliphatic carbocycles. The van der Waals surface area contributed by atoms with Crippen LogP contribution >= 0.6 is 0 Å². The van der Waals surface area contributed by atoms with Crippen molar-refractivity contribution in [3.8, 4) is 0 Å². The van der Waals surface area contributed by atoms with Gasteiger partial charge in [-0.15, -0.1) is 0 Å². The molecule has 0 fully saturated rings. The van der Waals surface area contributed by atoms with Crippen LogP contribution in [-0.4, -0.2) is 35.9 Å². The van der Waals surface area contributed by atoms with Crippen LogP contribution in [0.2, 0.25) is 0 Å². The summed E-state index contributed by atoms with van der Waals surface area (Å²) < 4.78 is 41.8. The van der Waals surface area contributed by atoms with Crippen LogP contribution in [0.4, 0.5) is 4.39 Å². The molecule has 1 heterocycles. The molecule has 0 bridgehead atoms. The molecule has 0 aliphatic rings. The zero-order chi connectivity index (χ0) is 26.6. The molecule has 1 aromatic heterocycles. The second-order valence-corrected chi connectivity index (χ2v) is 12.0. The molecule has 0 radical (unpaired) electrons. The monoisotopic (exact) mass is 506 g/mol. The fourth-order valence-electron chi connectivity index (χ4n) is 4.04. The highest BCUT2D eigenvalue weighted by Gasteiger charge is 2.23. The number of hydrogen-bond acceptors (Lipinski definition) is 5. The topological polar surface area (TPSA) is 96.4 Å². The van der Waals surface area contributed by atoms with Crippen LogP contribution in [0.25, 0.3) is 0 Å². The smallest absolute Gasteiger partial charge is 0.240 e. The summed E-state index contributed by atoms with van der Waals surface area (Å²) in [5, 5.41) is 9.86. The van der Waals surface area contributed by atoms with E-state index in [1.54, 1.807) is 46.9 Å². The lowest BCUT2D eigenvalue weighted by Gasteiger charge is -2.20. The van der Waals surface area contributed by atoms with E-state index < -0.39 is 22.3 Å². The first kappa shape index (κ1) is 29.1. The zero-order valence-corrected chi connectivity index (χ0v) is 22.7. The van der Waals surface area contributed by atoms with Crippen molar-refractivity contribution in [2.24, 2.45) is 0 Å². The minimum Gasteiger partial charge on any atom is -0.390 e. The first-order valence-corrected chi connectivity index (χ1v) is 13.5. The molecule has 8 heteroatoms. The van der Waals surface area contributed by atoms with E-state index in [0.717, 1.165) is 22.3 Å². The van der Waals surface area contributed by atoms with Crippen LogP contribution < -0.4 is 4.72 Å². The molecular formula is C27H39FN2O4S. The van der Waals surface area contributed by atoms with Gasteiger partial charge in [-0.05, 0) is 101 Å². The van der Waals surface area contributed by atoms with E-state index in [1.807, 2.05) is 19.9 Å². The van der Waals surface area contributed by atoms with Crippen molar-refractivity contribution >= 4 is 15.8 Å². The van der Waals surface area contributed by atoms with Crippen molar-refractivity contribution in [3.05, 3.63) is 57.9 Å². The lowest BCUT2D eigenvalue weighted by Crippen LogP contribution is -2.33. The lowest BCUT2D eigenvalue weighted by atomic mass is 9.91. The molecule has 0 saturated carbocycles. The van der Waals surface area contributed by atoms with Crippen LogP contribution in [0.3, 0.4) is 0 Å². The highest BCUT2D eigenvalue weighted by Crippen LogP contribution is 2.27. The minimum absolute atomic E-state index is 0.0655. The third kappa shape index (κ3) is 8.19. The largest absolute Gasteiger partial charge is 0.390 e. The summed E-state index contributed by atoms with van der Waals surface area (Å²) in [5.41, 5.74) is 3.04. The average molecular weight is 507 g/mol. The molecule has 35 heavy (non-hydrogen) atoms. The predicted octanol–water partition coefficient (Wildman–Crippen LogP) is 5.46. The molecule has 2 aromatic rings. The number of aliphatic hydroxyl groups is 1. The van der Waals surface area contributed by atoms with Gasteiger partial charge < -0.3 is 5.11 Å². The SMILES string of the molecule is Cc1cc([C@H](C)CC(=O)c2cc(S(=O)(=O)NC(C)CCCC(C)(C)O)cc(C)c2C)cnc1CF. The van der Waals surface area contributed by atoms with Crippen LogP contribution in [0.1, 0.15) is 97.6 Å². The Morgan fingerprint density at radius 3 is 2.37 bits per heavy atom. The van der Waals surface area contributed by atoms with E-state index in [9.17, 15) is 22.7 Å². The Morgan fingerprint density at radius 1 is 1.14 bits per heavy atom. The number of ketones is 1. The first-order chi connectivity index (χ1) is 16.1. The molecule has 1 unspecified atom stereocenters. The second kappa shape index (κ2) is 11.7. The van der Waals surface area contributed by atoms with Crippen molar-refractivity contribution in [2.75, 3.05) is 0 Å².